The van der Waals surface area contributed by atoms with Crippen LogP contribution in [0.15, 0.2) is 52.1 Å². The molecule has 7 nitrogen and oxygen atoms in total. The molecule has 1 amide bonds. The van der Waals surface area contributed by atoms with Gasteiger partial charge in [0.1, 0.15) is 5.76 Å². The first-order valence-electron chi connectivity index (χ1n) is 11.1. The number of nitrogens with one attached hydrogen (secondary N) is 2. The Labute approximate surface area is 186 Å². The molecule has 1 atom stereocenters. The minimum atomic E-state index is 0.0186. The Balaban J connectivity index is 2.01. The van der Waals surface area contributed by atoms with Crippen LogP contribution in [-0.4, -0.2) is 68.5 Å². The van der Waals surface area contributed by atoms with Gasteiger partial charge in [-0.15, -0.1) is 0 Å². The van der Waals surface area contributed by atoms with Crippen molar-refractivity contribution in [3.05, 3.63) is 59.5 Å². The Morgan fingerprint density at radius 3 is 2.48 bits per heavy atom. The Bertz CT molecular complexity index is 813. The van der Waals surface area contributed by atoms with Crippen LogP contribution in [0.25, 0.3) is 0 Å². The first-order chi connectivity index (χ1) is 15.0. The number of guanidine groups is 1. The fourth-order valence-corrected chi connectivity index (χ4v) is 3.49. The van der Waals surface area contributed by atoms with Crippen molar-refractivity contribution < 1.29 is 9.21 Å². The summed E-state index contributed by atoms with van der Waals surface area (Å²) >= 11 is 0. The lowest BCUT2D eigenvalue weighted by molar-refractivity contribution is 0.0827. The standard InChI is InChI=1S/C24H37N5O2/c1-6-25-24(27-18-21(29(7-2)8-3)22-13-10-16-31-22)26-15-14-19-11-9-12-20(17-19)23(30)28(4)5/h9-13,16-17,21H,6-8,14-15,18H2,1-5H3,(H2,25,26,27). The van der Waals surface area contributed by atoms with Gasteiger partial charge in [0.25, 0.3) is 5.91 Å². The van der Waals surface area contributed by atoms with E-state index in [-0.39, 0.29) is 11.9 Å². The first-order valence-corrected chi connectivity index (χ1v) is 11.1. The lowest BCUT2D eigenvalue weighted by Crippen LogP contribution is -2.39. The first kappa shape index (κ1) is 24.5. The molecule has 0 saturated heterocycles. The Kier molecular flexibility index (Phi) is 10.1. The molecule has 2 N–H and O–H groups in total. The van der Waals surface area contributed by atoms with Crippen molar-refractivity contribution >= 4 is 11.9 Å². The Hall–Kier alpha value is -2.80. The molecule has 1 unspecified atom stereocenters. The van der Waals surface area contributed by atoms with Crippen LogP contribution in [0.5, 0.6) is 0 Å². The minimum absolute atomic E-state index is 0.0186. The highest BCUT2D eigenvalue weighted by Gasteiger charge is 2.20. The molecule has 1 heterocycles. The molecule has 0 aliphatic carbocycles. The van der Waals surface area contributed by atoms with Crippen molar-refractivity contribution in [1.82, 2.24) is 20.4 Å². The lowest BCUT2D eigenvalue weighted by Gasteiger charge is -2.27. The van der Waals surface area contributed by atoms with E-state index in [9.17, 15) is 4.79 Å². The zero-order chi connectivity index (χ0) is 22.6. The number of benzene rings is 1. The average molecular weight is 428 g/mol. The van der Waals surface area contributed by atoms with E-state index in [1.54, 1.807) is 25.3 Å². The number of aliphatic imine (C=N–C) groups is 1. The van der Waals surface area contributed by atoms with Crippen LogP contribution in [0.3, 0.4) is 0 Å². The van der Waals surface area contributed by atoms with Gasteiger partial charge in [0.2, 0.25) is 0 Å². The molecule has 0 radical (unpaired) electrons. The van der Waals surface area contributed by atoms with E-state index in [1.807, 2.05) is 36.4 Å². The molecule has 0 aliphatic heterocycles. The van der Waals surface area contributed by atoms with Crippen molar-refractivity contribution in [3.8, 4) is 0 Å². The summed E-state index contributed by atoms with van der Waals surface area (Å²) in [6.07, 6.45) is 2.52. The summed E-state index contributed by atoms with van der Waals surface area (Å²) < 4.78 is 5.68. The molecule has 0 bridgehead atoms. The molecule has 7 heteroatoms. The maximum Gasteiger partial charge on any atom is 0.253 e. The van der Waals surface area contributed by atoms with E-state index in [4.69, 9.17) is 9.41 Å². The smallest absolute Gasteiger partial charge is 0.253 e. The SMILES string of the molecule is CCNC(=NCC(c1ccco1)N(CC)CC)NCCc1cccc(C(=O)N(C)C)c1. The van der Waals surface area contributed by atoms with E-state index >= 15 is 0 Å². The van der Waals surface area contributed by atoms with Gasteiger partial charge in [-0.05, 0) is 56.3 Å². The quantitative estimate of drug-likeness (QED) is 0.426. The van der Waals surface area contributed by atoms with Crippen LogP contribution in [0, 0.1) is 0 Å². The summed E-state index contributed by atoms with van der Waals surface area (Å²) in [6, 6.07) is 11.8. The summed E-state index contributed by atoms with van der Waals surface area (Å²) in [5.74, 6) is 1.74. The predicted octanol–water partition coefficient (Wildman–Crippen LogP) is 3.16. The third kappa shape index (κ3) is 7.43. The van der Waals surface area contributed by atoms with Crippen molar-refractivity contribution in [2.75, 3.05) is 46.8 Å². The highest BCUT2D eigenvalue weighted by Crippen LogP contribution is 2.21. The van der Waals surface area contributed by atoms with Gasteiger partial charge in [0, 0.05) is 32.7 Å². The van der Waals surface area contributed by atoms with Gasteiger partial charge in [-0.2, -0.15) is 0 Å². The molecule has 1 aromatic heterocycles. The maximum absolute atomic E-state index is 12.2. The van der Waals surface area contributed by atoms with Gasteiger partial charge in [0.05, 0.1) is 18.8 Å². The number of hydrogen-bond donors (Lipinski definition) is 2. The second-order valence-corrected chi connectivity index (χ2v) is 7.55. The monoisotopic (exact) mass is 427 g/mol. The summed E-state index contributed by atoms with van der Waals surface area (Å²) in [7, 11) is 3.54. The molecule has 0 aliphatic rings. The van der Waals surface area contributed by atoms with E-state index in [0.29, 0.717) is 12.1 Å². The molecular weight excluding hydrogens is 390 g/mol. The van der Waals surface area contributed by atoms with Gasteiger partial charge in [-0.25, -0.2) is 0 Å². The molecule has 2 aromatic rings. The van der Waals surface area contributed by atoms with Crippen molar-refractivity contribution in [2.45, 2.75) is 33.2 Å². The second-order valence-electron chi connectivity index (χ2n) is 7.55. The highest BCUT2D eigenvalue weighted by molar-refractivity contribution is 5.94. The fraction of sp³-hybridized carbons (Fsp3) is 0.500. The largest absolute Gasteiger partial charge is 0.468 e. The average Bonchev–Trinajstić information content (AvgIpc) is 3.30. The predicted molar refractivity (Wildman–Crippen MR) is 127 cm³/mol. The van der Waals surface area contributed by atoms with Gasteiger partial charge in [-0.1, -0.05) is 26.0 Å². The number of furan rings is 1. The normalized spacial score (nSPS) is 12.6. The van der Waals surface area contributed by atoms with Gasteiger partial charge in [0.15, 0.2) is 5.96 Å². The molecule has 0 saturated carbocycles. The van der Waals surface area contributed by atoms with E-state index < -0.39 is 0 Å². The highest BCUT2D eigenvalue weighted by atomic mass is 16.3. The molecule has 31 heavy (non-hydrogen) atoms. The van der Waals surface area contributed by atoms with Crippen molar-refractivity contribution in [2.24, 2.45) is 4.99 Å². The Morgan fingerprint density at radius 1 is 1.10 bits per heavy atom. The fourth-order valence-electron chi connectivity index (χ4n) is 3.49. The molecule has 0 fully saturated rings. The number of hydrogen-bond acceptors (Lipinski definition) is 4. The second kappa shape index (κ2) is 12.8. The number of rotatable bonds is 11. The zero-order valence-electron chi connectivity index (χ0n) is 19.5. The van der Waals surface area contributed by atoms with Crippen molar-refractivity contribution in [1.29, 1.82) is 0 Å². The summed E-state index contributed by atoms with van der Waals surface area (Å²) in [5.41, 5.74) is 1.83. The number of nitrogens with zero attached hydrogens (tertiary/aromatic N) is 3. The lowest BCUT2D eigenvalue weighted by atomic mass is 10.1. The number of carbonyl (C=O) groups excluding carboxylic acids is 1. The molecule has 170 valence electrons. The molecular formula is C24H37N5O2. The van der Waals surface area contributed by atoms with Crippen molar-refractivity contribution in [3.63, 3.8) is 0 Å². The van der Waals surface area contributed by atoms with Crippen LogP contribution in [0.1, 0.15) is 48.5 Å². The summed E-state index contributed by atoms with van der Waals surface area (Å²) in [4.78, 5) is 20.9. The van der Waals surface area contributed by atoms with Crippen LogP contribution in [0.4, 0.5) is 0 Å². The van der Waals surface area contributed by atoms with Gasteiger partial charge < -0.3 is 20.0 Å². The number of likely N-dealkylation sites (N-methyl/N-ethyl adjacent to an activating group) is 1. The Morgan fingerprint density at radius 2 is 1.87 bits per heavy atom. The third-order valence-corrected chi connectivity index (χ3v) is 5.18. The van der Waals surface area contributed by atoms with Crippen LogP contribution in [-0.2, 0) is 6.42 Å². The topological polar surface area (TPSA) is 73.1 Å². The molecule has 1 aromatic carbocycles. The third-order valence-electron chi connectivity index (χ3n) is 5.18. The van der Waals surface area contributed by atoms with Gasteiger partial charge in [-0.3, -0.25) is 14.7 Å². The zero-order valence-corrected chi connectivity index (χ0v) is 19.5. The van der Waals surface area contributed by atoms with Crippen LogP contribution < -0.4 is 10.6 Å². The maximum atomic E-state index is 12.2. The minimum Gasteiger partial charge on any atom is -0.468 e. The van der Waals surface area contributed by atoms with E-state index in [1.165, 1.54) is 0 Å². The summed E-state index contributed by atoms with van der Waals surface area (Å²) in [5, 5.41) is 6.73. The van der Waals surface area contributed by atoms with Gasteiger partial charge >= 0.3 is 0 Å². The van der Waals surface area contributed by atoms with Crippen LogP contribution >= 0.6 is 0 Å². The molecule has 0 spiro atoms. The number of carbonyl (C=O) groups is 1. The van der Waals surface area contributed by atoms with Crippen LogP contribution in [0.2, 0.25) is 0 Å². The van der Waals surface area contributed by atoms with E-state index in [2.05, 4.69) is 36.3 Å². The number of amides is 1. The summed E-state index contributed by atoms with van der Waals surface area (Å²) in [6.45, 7) is 10.4. The van der Waals surface area contributed by atoms with E-state index in [0.717, 1.165) is 49.9 Å². The molecule has 2 rings (SSSR count).